The van der Waals surface area contributed by atoms with Crippen LogP contribution in [-0.4, -0.2) is 43.0 Å². The molecule has 0 radical (unpaired) electrons. The van der Waals surface area contributed by atoms with Crippen LogP contribution in [0, 0.1) is 0 Å². The van der Waals surface area contributed by atoms with Crippen molar-refractivity contribution in [1.82, 2.24) is 29.4 Å². The second kappa shape index (κ2) is 5.52. The summed E-state index contributed by atoms with van der Waals surface area (Å²) < 4.78 is 4.24. The number of aryl methyl sites for hydroxylation is 1. The largest absolute Gasteiger partial charge is 0.314 e. The summed E-state index contributed by atoms with van der Waals surface area (Å²) >= 11 is 0. The van der Waals surface area contributed by atoms with Crippen LogP contribution >= 0.6 is 0 Å². The van der Waals surface area contributed by atoms with Crippen LogP contribution in [0.1, 0.15) is 24.5 Å². The Balaban J connectivity index is 1.57. The molecule has 0 atom stereocenters. The fourth-order valence-corrected chi connectivity index (χ4v) is 2.51. The predicted molar refractivity (Wildman–Crippen MR) is 71.5 cm³/mol. The van der Waals surface area contributed by atoms with E-state index < -0.39 is 0 Å². The van der Waals surface area contributed by atoms with Crippen LogP contribution in [0.3, 0.4) is 0 Å². The zero-order valence-corrected chi connectivity index (χ0v) is 11.4. The first-order valence-corrected chi connectivity index (χ1v) is 6.90. The van der Waals surface area contributed by atoms with Gasteiger partial charge in [-0.25, -0.2) is 0 Å². The third-order valence-corrected chi connectivity index (χ3v) is 3.62. The maximum atomic E-state index is 4.33. The second-order valence-electron chi connectivity index (χ2n) is 5.15. The summed E-state index contributed by atoms with van der Waals surface area (Å²) in [7, 11) is 2.12. The van der Waals surface area contributed by atoms with Gasteiger partial charge in [-0.05, 0) is 26.0 Å². The molecule has 0 aliphatic carbocycles. The summed E-state index contributed by atoms with van der Waals surface area (Å²) in [4.78, 5) is 2.27. The molecular formula is C13H20N6. The first kappa shape index (κ1) is 12.3. The minimum atomic E-state index is 0.855. The summed E-state index contributed by atoms with van der Waals surface area (Å²) in [5, 5.41) is 12.8. The average Bonchev–Trinajstić information content (AvgIpc) is 3.07. The second-order valence-corrected chi connectivity index (χ2v) is 5.15. The van der Waals surface area contributed by atoms with Crippen molar-refractivity contribution in [1.29, 1.82) is 0 Å². The van der Waals surface area contributed by atoms with E-state index in [1.54, 1.807) is 0 Å². The van der Waals surface area contributed by atoms with Gasteiger partial charge in [-0.3, -0.25) is 9.58 Å². The van der Waals surface area contributed by atoms with Crippen molar-refractivity contribution in [2.24, 2.45) is 0 Å². The minimum absolute atomic E-state index is 0.855. The standard InChI is InChI=1S/C13H20N6/c1-17(9-10-18-7-4-6-14-18)11-13-16-15-12-5-2-3-8-19(12)13/h4,6-7H,2-3,5,8-11H2,1H3. The van der Waals surface area contributed by atoms with Crippen LogP contribution < -0.4 is 0 Å². The van der Waals surface area contributed by atoms with Gasteiger partial charge in [0.15, 0.2) is 0 Å². The molecule has 102 valence electrons. The lowest BCUT2D eigenvalue weighted by atomic mass is 10.2. The highest BCUT2D eigenvalue weighted by molar-refractivity contribution is 4.98. The predicted octanol–water partition coefficient (Wildman–Crippen LogP) is 0.943. The van der Waals surface area contributed by atoms with E-state index >= 15 is 0 Å². The Hall–Kier alpha value is -1.69. The maximum absolute atomic E-state index is 4.33. The van der Waals surface area contributed by atoms with Crippen LogP contribution in [0.25, 0.3) is 0 Å². The van der Waals surface area contributed by atoms with E-state index in [9.17, 15) is 0 Å². The number of aromatic nitrogens is 5. The van der Waals surface area contributed by atoms with E-state index in [0.29, 0.717) is 0 Å². The maximum Gasteiger partial charge on any atom is 0.147 e. The monoisotopic (exact) mass is 260 g/mol. The Labute approximate surface area is 113 Å². The summed E-state index contributed by atoms with van der Waals surface area (Å²) in [6.07, 6.45) is 7.37. The van der Waals surface area contributed by atoms with Gasteiger partial charge >= 0.3 is 0 Å². The molecule has 2 aromatic heterocycles. The van der Waals surface area contributed by atoms with Crippen LogP contribution in [-0.2, 0) is 26.1 Å². The van der Waals surface area contributed by atoms with Gasteiger partial charge in [-0.1, -0.05) is 0 Å². The Bertz CT molecular complexity index is 515. The highest BCUT2D eigenvalue weighted by atomic mass is 15.3. The molecule has 19 heavy (non-hydrogen) atoms. The van der Waals surface area contributed by atoms with Crippen LogP contribution in [0.4, 0.5) is 0 Å². The molecule has 3 rings (SSSR count). The van der Waals surface area contributed by atoms with Crippen molar-refractivity contribution in [3.8, 4) is 0 Å². The highest BCUT2D eigenvalue weighted by Crippen LogP contribution is 2.14. The van der Waals surface area contributed by atoms with E-state index in [4.69, 9.17) is 0 Å². The Kier molecular flexibility index (Phi) is 3.59. The lowest BCUT2D eigenvalue weighted by Gasteiger charge is -2.19. The van der Waals surface area contributed by atoms with Crippen molar-refractivity contribution in [2.45, 2.75) is 38.9 Å². The quantitative estimate of drug-likeness (QED) is 0.803. The van der Waals surface area contributed by atoms with Gasteiger partial charge in [0, 0.05) is 31.9 Å². The van der Waals surface area contributed by atoms with Gasteiger partial charge in [-0.2, -0.15) is 5.10 Å². The summed E-state index contributed by atoms with van der Waals surface area (Å²) in [6.45, 7) is 3.80. The molecule has 0 spiro atoms. The average molecular weight is 260 g/mol. The SMILES string of the molecule is CN(CCn1cccn1)Cc1nnc2n1CCCC2. The first-order valence-electron chi connectivity index (χ1n) is 6.90. The van der Waals surface area contributed by atoms with Crippen molar-refractivity contribution < 1.29 is 0 Å². The van der Waals surface area contributed by atoms with E-state index in [1.165, 1.54) is 12.8 Å². The number of hydrogen-bond acceptors (Lipinski definition) is 4. The van der Waals surface area contributed by atoms with Gasteiger partial charge in [0.05, 0.1) is 13.1 Å². The topological polar surface area (TPSA) is 51.8 Å². The van der Waals surface area contributed by atoms with Gasteiger partial charge < -0.3 is 4.57 Å². The summed E-state index contributed by atoms with van der Waals surface area (Å²) in [5.74, 6) is 2.25. The molecule has 0 unspecified atom stereocenters. The van der Waals surface area contributed by atoms with E-state index in [2.05, 4.69) is 31.8 Å². The van der Waals surface area contributed by atoms with Crippen LogP contribution in [0.5, 0.6) is 0 Å². The van der Waals surface area contributed by atoms with Crippen molar-refractivity contribution >= 4 is 0 Å². The molecule has 0 aromatic carbocycles. The van der Waals surface area contributed by atoms with E-state index in [1.807, 2.05) is 23.1 Å². The normalized spacial score (nSPS) is 14.8. The summed E-state index contributed by atoms with van der Waals surface area (Å²) in [6, 6.07) is 1.95. The van der Waals surface area contributed by atoms with E-state index in [-0.39, 0.29) is 0 Å². The third-order valence-electron chi connectivity index (χ3n) is 3.62. The molecule has 0 saturated heterocycles. The molecule has 0 bridgehead atoms. The van der Waals surface area contributed by atoms with Crippen molar-refractivity contribution in [2.75, 3.05) is 13.6 Å². The zero-order valence-electron chi connectivity index (χ0n) is 11.4. The molecular weight excluding hydrogens is 240 g/mol. The molecule has 1 aliphatic heterocycles. The minimum Gasteiger partial charge on any atom is -0.314 e. The first-order chi connectivity index (χ1) is 9.33. The number of rotatable bonds is 5. The number of likely N-dealkylation sites (N-methyl/N-ethyl adjacent to an activating group) is 1. The Morgan fingerprint density at radius 2 is 2.26 bits per heavy atom. The fourth-order valence-electron chi connectivity index (χ4n) is 2.51. The lowest BCUT2D eigenvalue weighted by molar-refractivity contribution is 0.291. The van der Waals surface area contributed by atoms with E-state index in [0.717, 1.165) is 44.2 Å². The number of fused-ring (bicyclic) bond motifs is 1. The molecule has 3 heterocycles. The molecule has 0 amide bonds. The zero-order chi connectivity index (χ0) is 13.1. The summed E-state index contributed by atoms with van der Waals surface area (Å²) in [5.41, 5.74) is 0. The molecule has 0 fully saturated rings. The highest BCUT2D eigenvalue weighted by Gasteiger charge is 2.16. The molecule has 1 aliphatic rings. The number of nitrogens with zero attached hydrogens (tertiary/aromatic N) is 6. The van der Waals surface area contributed by atoms with Crippen LogP contribution in [0.15, 0.2) is 18.5 Å². The Morgan fingerprint density at radius 3 is 3.11 bits per heavy atom. The lowest BCUT2D eigenvalue weighted by Crippen LogP contribution is -2.25. The molecule has 6 heteroatoms. The van der Waals surface area contributed by atoms with Crippen LogP contribution in [0.2, 0.25) is 0 Å². The molecule has 0 N–H and O–H groups in total. The third kappa shape index (κ3) is 2.84. The van der Waals surface area contributed by atoms with Gasteiger partial charge in [0.25, 0.3) is 0 Å². The van der Waals surface area contributed by atoms with Gasteiger partial charge in [0.2, 0.25) is 0 Å². The smallest absolute Gasteiger partial charge is 0.147 e. The number of hydrogen-bond donors (Lipinski definition) is 0. The molecule has 0 saturated carbocycles. The molecule has 6 nitrogen and oxygen atoms in total. The van der Waals surface area contributed by atoms with Crippen molar-refractivity contribution in [3.05, 3.63) is 30.1 Å². The molecule has 2 aromatic rings. The van der Waals surface area contributed by atoms with Crippen molar-refractivity contribution in [3.63, 3.8) is 0 Å². The van der Waals surface area contributed by atoms with Gasteiger partial charge in [0.1, 0.15) is 11.6 Å². The fraction of sp³-hybridized carbons (Fsp3) is 0.615. The van der Waals surface area contributed by atoms with Gasteiger partial charge in [-0.15, -0.1) is 10.2 Å². The Morgan fingerprint density at radius 1 is 1.32 bits per heavy atom.